The van der Waals surface area contributed by atoms with Crippen LogP contribution in [0.15, 0.2) is 46.0 Å². The third-order valence-electron chi connectivity index (χ3n) is 6.19. The maximum Gasteiger partial charge on any atom is 0.191 e. The molecule has 1 aliphatic carbocycles. The zero-order chi connectivity index (χ0) is 20.6. The van der Waals surface area contributed by atoms with Crippen molar-refractivity contribution in [2.45, 2.75) is 70.4 Å². The van der Waals surface area contributed by atoms with E-state index in [1.54, 1.807) is 6.26 Å². The van der Waals surface area contributed by atoms with Crippen LogP contribution in [0.5, 0.6) is 0 Å². The van der Waals surface area contributed by atoms with Crippen LogP contribution in [0.1, 0.15) is 56.4 Å². The van der Waals surface area contributed by atoms with E-state index in [9.17, 15) is 0 Å². The number of aromatic nitrogens is 1. The van der Waals surface area contributed by atoms with Crippen LogP contribution in [0.2, 0.25) is 0 Å². The van der Waals surface area contributed by atoms with Crippen LogP contribution < -0.4 is 15.5 Å². The minimum atomic E-state index is 0. The normalized spacial score (nSPS) is 18.5. The molecule has 1 aliphatic heterocycles. The van der Waals surface area contributed by atoms with Crippen molar-refractivity contribution in [2.24, 2.45) is 4.99 Å². The first-order valence-electron chi connectivity index (χ1n) is 11.5. The number of hydrogen-bond donors (Lipinski definition) is 2. The summed E-state index contributed by atoms with van der Waals surface area (Å²) in [5, 5.41) is 7.44. The Labute approximate surface area is 203 Å². The van der Waals surface area contributed by atoms with Crippen molar-refractivity contribution in [2.75, 3.05) is 24.5 Å². The molecule has 2 aliphatic rings. The standard InChI is InChI=1S/C24H35N5O.HI/c1-19-7-5-11-23(26-19)29-16-13-21(14-17-29)28-24(27-20-8-3-2-4-9-20)25-15-12-22-10-6-18-30-22;/h5-7,10-11,18,20-21H,2-4,8-9,12-17H2,1H3,(H2,25,27,28);1H. The van der Waals surface area contributed by atoms with Gasteiger partial charge in [-0.15, -0.1) is 24.0 Å². The van der Waals surface area contributed by atoms with Gasteiger partial charge in [-0.05, 0) is 56.9 Å². The van der Waals surface area contributed by atoms with Gasteiger partial charge in [0.25, 0.3) is 0 Å². The van der Waals surface area contributed by atoms with E-state index in [2.05, 4.69) is 45.6 Å². The van der Waals surface area contributed by atoms with Gasteiger partial charge in [0.15, 0.2) is 5.96 Å². The molecule has 1 saturated heterocycles. The Kier molecular flexibility index (Phi) is 9.49. The summed E-state index contributed by atoms with van der Waals surface area (Å²) in [6, 6.07) is 11.2. The molecule has 3 heterocycles. The molecule has 2 N–H and O–H groups in total. The van der Waals surface area contributed by atoms with E-state index in [0.717, 1.165) is 62.1 Å². The number of hydrogen-bond acceptors (Lipinski definition) is 4. The zero-order valence-corrected chi connectivity index (χ0v) is 20.9. The van der Waals surface area contributed by atoms with Gasteiger partial charge in [0.2, 0.25) is 0 Å². The molecule has 0 radical (unpaired) electrons. The van der Waals surface area contributed by atoms with E-state index in [-0.39, 0.29) is 24.0 Å². The Bertz CT molecular complexity index is 796. The highest BCUT2D eigenvalue weighted by Crippen LogP contribution is 2.19. The highest BCUT2D eigenvalue weighted by molar-refractivity contribution is 14.0. The Hall–Kier alpha value is -1.77. The van der Waals surface area contributed by atoms with Gasteiger partial charge < -0.3 is 20.0 Å². The fraction of sp³-hybridized carbons (Fsp3) is 0.583. The highest BCUT2D eigenvalue weighted by atomic mass is 127. The summed E-state index contributed by atoms with van der Waals surface area (Å²) >= 11 is 0. The number of anilines is 1. The summed E-state index contributed by atoms with van der Waals surface area (Å²) in [4.78, 5) is 12.0. The zero-order valence-electron chi connectivity index (χ0n) is 18.6. The molecule has 2 aromatic heterocycles. The van der Waals surface area contributed by atoms with Crippen molar-refractivity contribution in [3.05, 3.63) is 48.0 Å². The maximum atomic E-state index is 5.46. The van der Waals surface area contributed by atoms with Crippen molar-refractivity contribution in [3.63, 3.8) is 0 Å². The van der Waals surface area contributed by atoms with E-state index in [1.807, 2.05) is 12.1 Å². The Morgan fingerprint density at radius 3 is 2.45 bits per heavy atom. The lowest BCUT2D eigenvalue weighted by molar-refractivity contribution is 0.401. The first-order valence-corrected chi connectivity index (χ1v) is 11.5. The van der Waals surface area contributed by atoms with Gasteiger partial charge >= 0.3 is 0 Å². The van der Waals surface area contributed by atoms with Crippen molar-refractivity contribution >= 4 is 35.8 Å². The highest BCUT2D eigenvalue weighted by Gasteiger charge is 2.22. The summed E-state index contributed by atoms with van der Waals surface area (Å²) in [5.74, 6) is 3.07. The molecule has 0 aromatic carbocycles. The van der Waals surface area contributed by atoms with Gasteiger partial charge in [0, 0.05) is 43.8 Å². The Morgan fingerprint density at radius 2 is 1.77 bits per heavy atom. The molecule has 2 aromatic rings. The predicted molar refractivity (Wildman–Crippen MR) is 137 cm³/mol. The molecular formula is C24H36IN5O. The number of aryl methyl sites for hydroxylation is 1. The third-order valence-corrected chi connectivity index (χ3v) is 6.19. The smallest absolute Gasteiger partial charge is 0.191 e. The van der Waals surface area contributed by atoms with Crippen molar-refractivity contribution in [3.8, 4) is 0 Å². The lowest BCUT2D eigenvalue weighted by Gasteiger charge is -2.34. The quantitative estimate of drug-likeness (QED) is 0.318. The summed E-state index contributed by atoms with van der Waals surface area (Å²) in [6.07, 6.45) is 11.3. The second kappa shape index (κ2) is 12.3. The average Bonchev–Trinajstić information content (AvgIpc) is 3.28. The molecule has 0 spiro atoms. The van der Waals surface area contributed by atoms with Crippen molar-refractivity contribution < 1.29 is 4.42 Å². The second-order valence-electron chi connectivity index (χ2n) is 8.58. The fourth-order valence-corrected chi connectivity index (χ4v) is 4.46. The van der Waals surface area contributed by atoms with Crippen LogP contribution in [0.25, 0.3) is 0 Å². The molecule has 0 atom stereocenters. The predicted octanol–water partition coefficient (Wildman–Crippen LogP) is 4.68. The van der Waals surface area contributed by atoms with Crippen LogP contribution in [0.3, 0.4) is 0 Å². The van der Waals surface area contributed by atoms with Gasteiger partial charge in [0.05, 0.1) is 6.26 Å². The molecule has 31 heavy (non-hydrogen) atoms. The SMILES string of the molecule is Cc1cccc(N2CCC(NC(=NCCc3ccco3)NC3CCCCC3)CC2)n1.I. The number of nitrogens with one attached hydrogen (secondary N) is 2. The second-order valence-corrected chi connectivity index (χ2v) is 8.58. The van der Waals surface area contributed by atoms with Crippen LogP contribution in [0.4, 0.5) is 5.82 Å². The lowest BCUT2D eigenvalue weighted by Crippen LogP contribution is -2.51. The number of guanidine groups is 1. The molecule has 0 bridgehead atoms. The van der Waals surface area contributed by atoms with Crippen LogP contribution >= 0.6 is 24.0 Å². The monoisotopic (exact) mass is 537 g/mol. The average molecular weight is 537 g/mol. The number of pyridine rings is 1. The molecule has 6 nitrogen and oxygen atoms in total. The number of rotatable bonds is 6. The first kappa shape index (κ1) is 23.9. The molecule has 0 amide bonds. The number of aliphatic imine (C=N–C) groups is 1. The van der Waals surface area contributed by atoms with Gasteiger partial charge in [-0.25, -0.2) is 4.98 Å². The molecule has 170 valence electrons. The van der Waals surface area contributed by atoms with Gasteiger partial charge in [-0.3, -0.25) is 4.99 Å². The van der Waals surface area contributed by atoms with E-state index >= 15 is 0 Å². The van der Waals surface area contributed by atoms with E-state index in [0.29, 0.717) is 12.1 Å². The van der Waals surface area contributed by atoms with Crippen LogP contribution in [-0.2, 0) is 6.42 Å². The Balaban J connectivity index is 0.00000272. The van der Waals surface area contributed by atoms with Crippen LogP contribution in [-0.4, -0.2) is 42.7 Å². The number of furan rings is 1. The summed E-state index contributed by atoms with van der Waals surface area (Å²) < 4.78 is 5.46. The van der Waals surface area contributed by atoms with E-state index in [4.69, 9.17) is 9.41 Å². The van der Waals surface area contributed by atoms with Crippen molar-refractivity contribution in [1.29, 1.82) is 0 Å². The molecular weight excluding hydrogens is 501 g/mol. The van der Waals surface area contributed by atoms with Gasteiger partial charge in [0.1, 0.15) is 11.6 Å². The number of halogens is 1. The third kappa shape index (κ3) is 7.40. The molecule has 4 rings (SSSR count). The summed E-state index contributed by atoms with van der Waals surface area (Å²) in [5.41, 5.74) is 1.08. The fourth-order valence-electron chi connectivity index (χ4n) is 4.46. The topological polar surface area (TPSA) is 65.7 Å². The van der Waals surface area contributed by atoms with Crippen molar-refractivity contribution in [1.82, 2.24) is 15.6 Å². The van der Waals surface area contributed by atoms with E-state index in [1.165, 1.54) is 32.1 Å². The minimum Gasteiger partial charge on any atom is -0.469 e. The largest absolute Gasteiger partial charge is 0.469 e. The maximum absolute atomic E-state index is 5.46. The van der Waals surface area contributed by atoms with Gasteiger partial charge in [-0.2, -0.15) is 0 Å². The molecule has 1 saturated carbocycles. The van der Waals surface area contributed by atoms with E-state index < -0.39 is 0 Å². The Morgan fingerprint density at radius 1 is 1.03 bits per heavy atom. The lowest BCUT2D eigenvalue weighted by atomic mass is 9.95. The summed E-state index contributed by atoms with van der Waals surface area (Å²) in [6.45, 7) is 4.84. The van der Waals surface area contributed by atoms with Crippen LogP contribution in [0, 0.1) is 6.92 Å². The molecule has 2 fully saturated rings. The molecule has 7 heteroatoms. The molecule has 0 unspecified atom stereocenters. The first-order chi connectivity index (χ1) is 14.8. The summed E-state index contributed by atoms with van der Waals surface area (Å²) in [7, 11) is 0. The minimum absolute atomic E-state index is 0. The number of piperidine rings is 1. The van der Waals surface area contributed by atoms with Gasteiger partial charge in [-0.1, -0.05) is 25.3 Å². The number of nitrogens with zero attached hydrogens (tertiary/aromatic N) is 3.